The first-order chi connectivity index (χ1) is 14.1. The zero-order chi connectivity index (χ0) is 20.6. The zero-order valence-corrected chi connectivity index (χ0v) is 16.9. The molecule has 2 N–H and O–H groups in total. The predicted octanol–water partition coefficient (Wildman–Crippen LogP) is 3.95. The molecular formula is C23H25N3O3. The monoisotopic (exact) mass is 391 g/mol. The molecule has 1 aromatic heterocycles. The molecule has 150 valence electrons. The van der Waals surface area contributed by atoms with Crippen LogP contribution < -0.4 is 20.1 Å². The number of nitrogens with zero attached hydrogens (tertiary/aromatic N) is 1. The molecule has 6 nitrogen and oxygen atoms in total. The van der Waals surface area contributed by atoms with Gasteiger partial charge in [0.2, 0.25) is 0 Å². The van der Waals surface area contributed by atoms with E-state index in [1.54, 1.807) is 26.5 Å². The molecule has 29 heavy (non-hydrogen) atoms. The van der Waals surface area contributed by atoms with Gasteiger partial charge in [-0.15, -0.1) is 0 Å². The number of amides is 1. The van der Waals surface area contributed by atoms with Gasteiger partial charge in [0.1, 0.15) is 5.69 Å². The van der Waals surface area contributed by atoms with Crippen LogP contribution in [0.1, 0.15) is 27.2 Å². The minimum Gasteiger partial charge on any atom is -0.493 e. The zero-order valence-electron chi connectivity index (χ0n) is 16.9. The predicted molar refractivity (Wildman–Crippen MR) is 113 cm³/mol. The summed E-state index contributed by atoms with van der Waals surface area (Å²) in [6, 6.07) is 17.4. The number of methoxy groups -OCH3 is 2. The average Bonchev–Trinajstić information content (AvgIpc) is 2.77. The summed E-state index contributed by atoms with van der Waals surface area (Å²) < 4.78 is 10.5. The molecule has 1 amide bonds. The van der Waals surface area contributed by atoms with Gasteiger partial charge < -0.3 is 20.1 Å². The van der Waals surface area contributed by atoms with Gasteiger partial charge in [-0.05, 0) is 42.3 Å². The Hall–Kier alpha value is -3.54. The third-order valence-corrected chi connectivity index (χ3v) is 4.51. The number of hydrogen-bond donors (Lipinski definition) is 2. The van der Waals surface area contributed by atoms with Crippen LogP contribution in [-0.2, 0) is 13.1 Å². The van der Waals surface area contributed by atoms with Crippen molar-refractivity contribution in [1.29, 1.82) is 0 Å². The van der Waals surface area contributed by atoms with Crippen molar-refractivity contribution in [3.05, 3.63) is 83.2 Å². The second-order valence-electron chi connectivity index (χ2n) is 6.64. The quantitative estimate of drug-likeness (QED) is 0.608. The van der Waals surface area contributed by atoms with E-state index < -0.39 is 0 Å². The molecule has 6 heteroatoms. The molecular weight excluding hydrogens is 366 g/mol. The van der Waals surface area contributed by atoms with E-state index >= 15 is 0 Å². The summed E-state index contributed by atoms with van der Waals surface area (Å²) in [6.07, 6.45) is 1.67. The lowest BCUT2D eigenvalue weighted by Gasteiger charge is -2.10. The fraction of sp³-hybridized carbons (Fsp3) is 0.217. The Labute approximate surface area is 170 Å². The van der Waals surface area contributed by atoms with Crippen LogP contribution in [0.2, 0.25) is 0 Å². The highest BCUT2D eigenvalue weighted by atomic mass is 16.5. The van der Waals surface area contributed by atoms with E-state index in [4.69, 9.17) is 9.47 Å². The first kappa shape index (κ1) is 20.2. The number of nitrogens with one attached hydrogen (secondary N) is 2. The van der Waals surface area contributed by atoms with Crippen LogP contribution in [0.3, 0.4) is 0 Å². The smallest absolute Gasteiger partial charge is 0.270 e. The number of anilines is 1. The van der Waals surface area contributed by atoms with E-state index in [-0.39, 0.29) is 5.91 Å². The Morgan fingerprint density at radius 1 is 0.897 bits per heavy atom. The summed E-state index contributed by atoms with van der Waals surface area (Å²) in [5.74, 6) is 1.05. The largest absolute Gasteiger partial charge is 0.493 e. The molecule has 3 rings (SSSR count). The van der Waals surface area contributed by atoms with E-state index in [2.05, 4.69) is 46.8 Å². The molecule has 0 bridgehead atoms. The molecule has 0 unspecified atom stereocenters. The maximum absolute atomic E-state index is 12.4. The Morgan fingerprint density at radius 3 is 2.28 bits per heavy atom. The van der Waals surface area contributed by atoms with E-state index in [1.165, 1.54) is 11.1 Å². The molecule has 1 heterocycles. The lowest BCUT2D eigenvalue weighted by molar-refractivity contribution is 0.0946. The molecule has 0 aliphatic heterocycles. The number of aromatic nitrogens is 1. The van der Waals surface area contributed by atoms with Gasteiger partial charge in [-0.25, -0.2) is 4.98 Å². The van der Waals surface area contributed by atoms with Crippen LogP contribution in [0.4, 0.5) is 5.69 Å². The standard InChI is InChI=1S/C23H25N3O3/c1-16-4-6-17(7-5-16)13-24-19-9-10-20(25-15-19)23(27)26-14-18-8-11-21(28-2)22(12-18)29-3/h4-12,15,24H,13-14H2,1-3H3,(H,26,27). The minimum absolute atomic E-state index is 0.232. The van der Waals surface area contributed by atoms with Crippen LogP contribution in [0, 0.1) is 6.92 Å². The molecule has 0 radical (unpaired) electrons. The maximum atomic E-state index is 12.4. The summed E-state index contributed by atoms with van der Waals surface area (Å²) >= 11 is 0. The summed E-state index contributed by atoms with van der Waals surface area (Å²) in [7, 11) is 3.17. The molecule has 0 aliphatic rings. The third kappa shape index (κ3) is 5.48. The number of carbonyl (C=O) groups excluding carboxylic acids is 1. The highest BCUT2D eigenvalue weighted by Gasteiger charge is 2.09. The second-order valence-corrected chi connectivity index (χ2v) is 6.64. The second kappa shape index (κ2) is 9.59. The van der Waals surface area contributed by atoms with Crippen molar-refractivity contribution < 1.29 is 14.3 Å². The molecule has 0 aliphatic carbocycles. The molecule has 0 atom stereocenters. The van der Waals surface area contributed by atoms with Crippen LogP contribution >= 0.6 is 0 Å². The summed E-state index contributed by atoms with van der Waals surface area (Å²) in [4.78, 5) is 16.6. The molecule has 2 aromatic carbocycles. The van der Waals surface area contributed by atoms with E-state index in [0.717, 1.165) is 11.3 Å². The van der Waals surface area contributed by atoms with E-state index in [9.17, 15) is 4.79 Å². The van der Waals surface area contributed by atoms with Crippen molar-refractivity contribution >= 4 is 11.6 Å². The first-order valence-electron chi connectivity index (χ1n) is 9.33. The summed E-state index contributed by atoms with van der Waals surface area (Å²) in [5, 5.41) is 6.18. The topological polar surface area (TPSA) is 72.5 Å². The molecule has 0 saturated heterocycles. The summed E-state index contributed by atoms with van der Waals surface area (Å²) in [5.41, 5.74) is 4.56. The number of rotatable bonds is 8. The Balaban J connectivity index is 1.54. The number of hydrogen-bond acceptors (Lipinski definition) is 5. The van der Waals surface area contributed by atoms with Crippen LogP contribution in [0.25, 0.3) is 0 Å². The normalized spacial score (nSPS) is 10.3. The maximum Gasteiger partial charge on any atom is 0.270 e. The van der Waals surface area contributed by atoms with Gasteiger partial charge in [0.15, 0.2) is 11.5 Å². The molecule has 0 saturated carbocycles. The van der Waals surface area contributed by atoms with E-state index in [0.29, 0.717) is 30.3 Å². The van der Waals surface area contributed by atoms with Crippen molar-refractivity contribution in [2.45, 2.75) is 20.0 Å². The Bertz CT molecular complexity index is 954. The third-order valence-electron chi connectivity index (χ3n) is 4.51. The number of benzene rings is 2. The van der Waals surface area contributed by atoms with E-state index in [1.807, 2.05) is 24.3 Å². The van der Waals surface area contributed by atoms with Crippen LogP contribution in [-0.4, -0.2) is 25.1 Å². The lowest BCUT2D eigenvalue weighted by Crippen LogP contribution is -2.23. The SMILES string of the molecule is COc1ccc(CNC(=O)c2ccc(NCc3ccc(C)cc3)cn2)cc1OC. The van der Waals surface area contributed by atoms with Crippen molar-refractivity contribution in [1.82, 2.24) is 10.3 Å². The molecule has 0 fully saturated rings. The van der Waals surface area contributed by atoms with Crippen molar-refractivity contribution in [2.75, 3.05) is 19.5 Å². The first-order valence-corrected chi connectivity index (χ1v) is 9.33. The number of aryl methyl sites for hydroxylation is 1. The van der Waals surface area contributed by atoms with Crippen LogP contribution in [0.15, 0.2) is 60.8 Å². The van der Waals surface area contributed by atoms with Gasteiger partial charge in [-0.1, -0.05) is 35.9 Å². The van der Waals surface area contributed by atoms with Gasteiger partial charge in [-0.2, -0.15) is 0 Å². The van der Waals surface area contributed by atoms with Crippen molar-refractivity contribution in [2.24, 2.45) is 0 Å². The highest BCUT2D eigenvalue weighted by molar-refractivity contribution is 5.92. The van der Waals surface area contributed by atoms with Gasteiger partial charge in [0.25, 0.3) is 5.91 Å². The fourth-order valence-corrected chi connectivity index (χ4v) is 2.81. The molecule has 3 aromatic rings. The molecule has 0 spiro atoms. The van der Waals surface area contributed by atoms with Crippen molar-refractivity contribution in [3.8, 4) is 11.5 Å². The number of carbonyl (C=O) groups is 1. The Morgan fingerprint density at radius 2 is 1.62 bits per heavy atom. The number of pyridine rings is 1. The van der Waals surface area contributed by atoms with Gasteiger partial charge in [-0.3, -0.25) is 4.79 Å². The average molecular weight is 391 g/mol. The lowest BCUT2D eigenvalue weighted by atomic mass is 10.1. The number of ether oxygens (including phenoxy) is 2. The summed E-state index contributed by atoms with van der Waals surface area (Å²) in [6.45, 7) is 3.14. The van der Waals surface area contributed by atoms with Gasteiger partial charge in [0.05, 0.1) is 26.1 Å². The fourth-order valence-electron chi connectivity index (χ4n) is 2.81. The minimum atomic E-state index is -0.232. The van der Waals surface area contributed by atoms with Gasteiger partial charge >= 0.3 is 0 Å². The van der Waals surface area contributed by atoms with Crippen LogP contribution in [0.5, 0.6) is 11.5 Å². The highest BCUT2D eigenvalue weighted by Crippen LogP contribution is 2.27. The van der Waals surface area contributed by atoms with Crippen molar-refractivity contribution in [3.63, 3.8) is 0 Å². The van der Waals surface area contributed by atoms with Gasteiger partial charge in [0, 0.05) is 13.1 Å². The Kier molecular flexibility index (Phi) is 6.68.